The van der Waals surface area contributed by atoms with E-state index in [-0.39, 0.29) is 23.8 Å². The number of hydrazine groups is 1. The van der Waals surface area contributed by atoms with Gasteiger partial charge in [0.05, 0.1) is 7.11 Å². The molecule has 0 aromatic carbocycles. The van der Waals surface area contributed by atoms with E-state index in [4.69, 9.17) is 10.6 Å². The van der Waals surface area contributed by atoms with Gasteiger partial charge in [-0.2, -0.15) is 15.0 Å². The highest BCUT2D eigenvalue weighted by Gasteiger charge is 2.24. The van der Waals surface area contributed by atoms with Crippen molar-refractivity contribution < 1.29 is 9.53 Å². The lowest BCUT2D eigenvalue weighted by Gasteiger charge is -2.21. The van der Waals surface area contributed by atoms with Crippen LogP contribution in [0.1, 0.15) is 19.8 Å². The third kappa shape index (κ3) is 3.23. The second-order valence-corrected chi connectivity index (χ2v) is 4.51. The molecule has 9 nitrogen and oxygen atoms in total. The molecule has 4 N–H and O–H groups in total. The van der Waals surface area contributed by atoms with Gasteiger partial charge in [0.15, 0.2) is 0 Å². The molecule has 9 heteroatoms. The first-order valence-electron chi connectivity index (χ1n) is 6.46. The van der Waals surface area contributed by atoms with Crippen molar-refractivity contribution in [1.29, 1.82) is 0 Å². The summed E-state index contributed by atoms with van der Waals surface area (Å²) in [6.07, 6.45) is 2.11. The number of nitrogen functional groups attached to an aromatic ring is 1. The molecule has 0 saturated carbocycles. The Morgan fingerprint density at radius 2 is 1.95 bits per heavy atom. The van der Waals surface area contributed by atoms with Gasteiger partial charge in [0.2, 0.25) is 17.8 Å². The summed E-state index contributed by atoms with van der Waals surface area (Å²) in [6, 6.07) is -0.304. The van der Waals surface area contributed by atoms with Crippen molar-refractivity contribution in [1.82, 2.24) is 19.9 Å². The highest BCUT2D eigenvalue weighted by atomic mass is 16.5. The van der Waals surface area contributed by atoms with Gasteiger partial charge in [-0.15, -0.1) is 0 Å². The number of nitrogens with one attached hydrogen (secondary N) is 2. The topological polar surface area (TPSA) is 118 Å². The summed E-state index contributed by atoms with van der Waals surface area (Å²) < 4.78 is 4.95. The van der Waals surface area contributed by atoms with Crippen LogP contribution in [0.4, 0.5) is 11.9 Å². The highest BCUT2D eigenvalue weighted by Crippen LogP contribution is 2.13. The molecular weight excluding hydrogens is 262 g/mol. The van der Waals surface area contributed by atoms with Gasteiger partial charge in [0.1, 0.15) is 6.04 Å². The fraction of sp³-hybridized carbons (Fsp3) is 0.636. The maximum absolute atomic E-state index is 12.2. The summed E-state index contributed by atoms with van der Waals surface area (Å²) in [5, 5.41) is 2.94. The van der Waals surface area contributed by atoms with Crippen molar-refractivity contribution in [2.24, 2.45) is 5.84 Å². The Kier molecular flexibility index (Phi) is 4.51. The Balaban J connectivity index is 2.06. The van der Waals surface area contributed by atoms with Crippen LogP contribution in [0.15, 0.2) is 0 Å². The smallest absolute Gasteiger partial charge is 0.322 e. The van der Waals surface area contributed by atoms with E-state index < -0.39 is 6.04 Å². The van der Waals surface area contributed by atoms with Crippen LogP contribution in [0.5, 0.6) is 6.01 Å². The van der Waals surface area contributed by atoms with Gasteiger partial charge in [-0.1, -0.05) is 0 Å². The van der Waals surface area contributed by atoms with Crippen LogP contribution in [0.2, 0.25) is 0 Å². The Hall–Kier alpha value is -2.16. The van der Waals surface area contributed by atoms with E-state index in [1.807, 2.05) is 4.90 Å². The molecule has 1 aromatic rings. The molecule has 1 saturated heterocycles. The minimum atomic E-state index is -0.425. The van der Waals surface area contributed by atoms with Crippen molar-refractivity contribution in [3.8, 4) is 6.01 Å². The van der Waals surface area contributed by atoms with E-state index in [1.165, 1.54) is 7.11 Å². The molecule has 2 heterocycles. The number of carbonyl (C=O) groups is 1. The number of anilines is 2. The lowest BCUT2D eigenvalue weighted by atomic mass is 10.3. The molecule has 0 bridgehead atoms. The largest absolute Gasteiger partial charge is 0.467 e. The van der Waals surface area contributed by atoms with E-state index in [2.05, 4.69) is 25.7 Å². The SMILES string of the molecule is COc1nc(NN)nc(NC(C)C(=O)N2CCCC2)n1. The number of ether oxygens (including phenoxy) is 1. The van der Waals surface area contributed by atoms with Gasteiger partial charge >= 0.3 is 6.01 Å². The first kappa shape index (κ1) is 14.3. The summed E-state index contributed by atoms with van der Waals surface area (Å²) in [5.41, 5.74) is 2.32. The van der Waals surface area contributed by atoms with E-state index in [0.717, 1.165) is 25.9 Å². The fourth-order valence-corrected chi connectivity index (χ4v) is 2.04. The standard InChI is InChI=1S/C11H19N7O2/c1-7(8(19)18-5-3-4-6-18)13-9-14-10(17-12)16-11(15-9)20-2/h7H,3-6,12H2,1-2H3,(H2,13,14,15,16,17). The number of methoxy groups -OCH3 is 1. The van der Waals surface area contributed by atoms with E-state index in [9.17, 15) is 4.79 Å². The molecule has 1 aliphatic heterocycles. The Morgan fingerprint density at radius 1 is 1.30 bits per heavy atom. The third-order valence-electron chi connectivity index (χ3n) is 3.06. The van der Waals surface area contributed by atoms with Crippen LogP contribution in [0.25, 0.3) is 0 Å². The van der Waals surface area contributed by atoms with Gasteiger partial charge in [0.25, 0.3) is 0 Å². The Morgan fingerprint density at radius 3 is 2.55 bits per heavy atom. The van der Waals surface area contributed by atoms with Crippen LogP contribution in [-0.2, 0) is 4.79 Å². The molecule has 1 unspecified atom stereocenters. The van der Waals surface area contributed by atoms with Gasteiger partial charge in [-0.25, -0.2) is 5.84 Å². The number of nitrogens with zero attached hydrogens (tertiary/aromatic N) is 4. The summed E-state index contributed by atoms with van der Waals surface area (Å²) in [7, 11) is 1.44. The second-order valence-electron chi connectivity index (χ2n) is 4.51. The zero-order chi connectivity index (χ0) is 14.5. The van der Waals surface area contributed by atoms with E-state index in [0.29, 0.717) is 0 Å². The van der Waals surface area contributed by atoms with Crippen molar-refractivity contribution in [3.05, 3.63) is 0 Å². The van der Waals surface area contributed by atoms with Gasteiger partial charge in [-0.05, 0) is 19.8 Å². The Bertz CT molecular complexity index is 454. The molecule has 0 spiro atoms. The lowest BCUT2D eigenvalue weighted by molar-refractivity contribution is -0.130. The monoisotopic (exact) mass is 281 g/mol. The summed E-state index contributed by atoms with van der Waals surface area (Å²) in [4.78, 5) is 26.0. The number of rotatable bonds is 5. The quantitative estimate of drug-likeness (QED) is 0.492. The molecule has 110 valence electrons. The maximum Gasteiger partial charge on any atom is 0.322 e. The number of hydrogen-bond acceptors (Lipinski definition) is 8. The second kappa shape index (κ2) is 6.33. The van der Waals surface area contributed by atoms with Crippen molar-refractivity contribution in [3.63, 3.8) is 0 Å². The number of amides is 1. The van der Waals surface area contributed by atoms with Crippen LogP contribution in [0.3, 0.4) is 0 Å². The zero-order valence-electron chi connectivity index (χ0n) is 11.6. The third-order valence-corrected chi connectivity index (χ3v) is 3.06. The van der Waals surface area contributed by atoms with Gasteiger partial charge in [-0.3, -0.25) is 10.2 Å². The van der Waals surface area contributed by atoms with Gasteiger partial charge < -0.3 is 15.0 Å². The predicted octanol–water partition coefficient (Wildman–Crippen LogP) is -0.411. The van der Waals surface area contributed by atoms with Crippen molar-refractivity contribution in [2.75, 3.05) is 30.9 Å². The normalized spacial score (nSPS) is 15.8. The minimum absolute atomic E-state index is 0.0316. The fourth-order valence-electron chi connectivity index (χ4n) is 2.04. The van der Waals surface area contributed by atoms with Crippen molar-refractivity contribution >= 4 is 17.8 Å². The molecule has 0 radical (unpaired) electrons. The average molecular weight is 281 g/mol. The van der Waals surface area contributed by atoms with Gasteiger partial charge in [0, 0.05) is 13.1 Å². The predicted molar refractivity (Wildman–Crippen MR) is 73.1 cm³/mol. The molecule has 2 rings (SSSR count). The Labute approximate surface area is 116 Å². The van der Waals surface area contributed by atoms with E-state index >= 15 is 0 Å². The minimum Gasteiger partial charge on any atom is -0.467 e. The summed E-state index contributed by atoms with van der Waals surface area (Å²) in [6.45, 7) is 3.38. The number of likely N-dealkylation sites (tertiary alicyclic amines) is 1. The number of hydrogen-bond donors (Lipinski definition) is 3. The van der Waals surface area contributed by atoms with Crippen LogP contribution in [-0.4, -0.2) is 52.0 Å². The molecule has 1 atom stereocenters. The molecule has 20 heavy (non-hydrogen) atoms. The number of aromatic nitrogens is 3. The highest BCUT2D eigenvalue weighted by molar-refractivity contribution is 5.84. The summed E-state index contributed by atoms with van der Waals surface area (Å²) >= 11 is 0. The molecule has 1 amide bonds. The number of nitrogens with two attached hydrogens (primary N) is 1. The zero-order valence-corrected chi connectivity index (χ0v) is 11.6. The van der Waals surface area contributed by atoms with Crippen LogP contribution in [0, 0.1) is 0 Å². The van der Waals surface area contributed by atoms with Crippen LogP contribution >= 0.6 is 0 Å². The summed E-state index contributed by atoms with van der Waals surface area (Å²) in [5.74, 6) is 5.71. The van der Waals surface area contributed by atoms with E-state index in [1.54, 1.807) is 6.92 Å². The number of carbonyl (C=O) groups excluding carboxylic acids is 1. The molecule has 1 aromatic heterocycles. The molecule has 1 aliphatic rings. The first-order chi connectivity index (χ1) is 9.63. The maximum atomic E-state index is 12.2. The van der Waals surface area contributed by atoms with Crippen molar-refractivity contribution in [2.45, 2.75) is 25.8 Å². The molecular formula is C11H19N7O2. The first-order valence-corrected chi connectivity index (χ1v) is 6.46. The van der Waals surface area contributed by atoms with Crippen LogP contribution < -0.4 is 21.3 Å². The molecule has 1 fully saturated rings. The lowest BCUT2D eigenvalue weighted by Crippen LogP contribution is -2.40. The average Bonchev–Trinajstić information content (AvgIpc) is 3.00. The molecule has 0 aliphatic carbocycles.